The number of carbonyl (C=O) groups is 2. The molecule has 2 aliphatic rings. The number of nitrogens with one attached hydrogen (secondary N) is 2. The van der Waals surface area contributed by atoms with E-state index in [0.29, 0.717) is 30.6 Å². The van der Waals surface area contributed by atoms with Gasteiger partial charge in [-0.25, -0.2) is 0 Å². The first kappa shape index (κ1) is 24.2. The molecule has 1 aromatic heterocycles. The fourth-order valence-corrected chi connectivity index (χ4v) is 4.18. The highest BCUT2D eigenvalue weighted by Crippen LogP contribution is 2.26. The molecule has 1 aliphatic heterocycles. The molecule has 1 aromatic rings. The van der Waals surface area contributed by atoms with Crippen molar-refractivity contribution in [2.24, 2.45) is 0 Å². The molecular weight excluding hydrogens is 408 g/mol. The summed E-state index contributed by atoms with van der Waals surface area (Å²) in [6.45, 7) is 10.4. The minimum absolute atomic E-state index is 0.0997. The van der Waals surface area contributed by atoms with Crippen LogP contribution in [0.5, 0.6) is 0 Å². The molecule has 0 radical (unpaired) electrons. The second kappa shape index (κ2) is 10.9. The van der Waals surface area contributed by atoms with Crippen molar-refractivity contribution in [1.29, 1.82) is 5.26 Å². The van der Waals surface area contributed by atoms with Gasteiger partial charge in [0, 0.05) is 58.2 Å². The van der Waals surface area contributed by atoms with Gasteiger partial charge in [-0.1, -0.05) is 0 Å². The van der Waals surface area contributed by atoms with E-state index in [1.807, 2.05) is 25.3 Å². The van der Waals surface area contributed by atoms with E-state index >= 15 is 0 Å². The van der Waals surface area contributed by atoms with Gasteiger partial charge in [-0.3, -0.25) is 19.4 Å². The van der Waals surface area contributed by atoms with E-state index in [9.17, 15) is 14.9 Å². The van der Waals surface area contributed by atoms with Gasteiger partial charge in [-0.05, 0) is 45.6 Å². The van der Waals surface area contributed by atoms with Gasteiger partial charge in [0.2, 0.25) is 11.8 Å². The molecule has 2 amide bonds. The maximum Gasteiger partial charge on any atom is 0.239 e. The molecule has 9 nitrogen and oxygen atoms in total. The minimum Gasteiger partial charge on any atom is -0.385 e. The number of carbonyl (C=O) groups excluding carboxylic acids is 2. The Labute approximate surface area is 190 Å². The molecule has 0 bridgehead atoms. The molecule has 1 unspecified atom stereocenters. The van der Waals surface area contributed by atoms with Crippen LogP contribution in [0.3, 0.4) is 0 Å². The molecule has 3 rings (SSSR count). The summed E-state index contributed by atoms with van der Waals surface area (Å²) in [6, 6.07) is 2.47. The maximum atomic E-state index is 12.8. The van der Waals surface area contributed by atoms with Crippen molar-refractivity contribution < 1.29 is 14.3 Å². The molecule has 0 aromatic carbocycles. The number of hydrogen-bond donors (Lipinski definition) is 2. The third-order valence-corrected chi connectivity index (χ3v) is 6.55. The molecule has 9 heteroatoms. The van der Waals surface area contributed by atoms with Gasteiger partial charge in [-0.15, -0.1) is 0 Å². The lowest BCUT2D eigenvalue weighted by Gasteiger charge is -2.37. The van der Waals surface area contributed by atoms with Crippen LogP contribution in [0, 0.1) is 25.2 Å². The van der Waals surface area contributed by atoms with Gasteiger partial charge >= 0.3 is 0 Å². The number of nitriles is 1. The molecule has 0 spiro atoms. The number of rotatable bonds is 10. The number of methoxy groups -OCH3 is 1. The zero-order chi connectivity index (χ0) is 23.3. The van der Waals surface area contributed by atoms with Crippen LogP contribution in [-0.4, -0.2) is 84.7 Å². The van der Waals surface area contributed by atoms with Crippen molar-refractivity contribution in [2.45, 2.75) is 58.7 Å². The van der Waals surface area contributed by atoms with Crippen LogP contribution in [0.2, 0.25) is 0 Å². The van der Waals surface area contributed by atoms with Gasteiger partial charge in [0.25, 0.3) is 0 Å². The highest BCUT2D eigenvalue weighted by molar-refractivity contribution is 5.93. The molecule has 1 aliphatic carbocycles. The van der Waals surface area contributed by atoms with E-state index in [1.54, 1.807) is 7.11 Å². The lowest BCUT2D eigenvalue weighted by atomic mass is 10.2. The summed E-state index contributed by atoms with van der Waals surface area (Å²) < 4.78 is 7.15. The Kier molecular flexibility index (Phi) is 8.29. The summed E-state index contributed by atoms with van der Waals surface area (Å²) in [6.07, 6.45) is 2.97. The lowest BCUT2D eigenvalue weighted by molar-refractivity contribution is -0.127. The second-order valence-electron chi connectivity index (χ2n) is 8.86. The number of anilines is 1. The SMILES string of the molecule is COCCCn1c(C)c(C)c(C#N)c1NC(=O)CN1CCN(C(C)C(=O)NC2CC2)CC1. The van der Waals surface area contributed by atoms with Gasteiger partial charge in [0.05, 0.1) is 18.2 Å². The first-order valence-electron chi connectivity index (χ1n) is 11.5. The highest BCUT2D eigenvalue weighted by atomic mass is 16.5. The van der Waals surface area contributed by atoms with Crippen molar-refractivity contribution in [2.75, 3.05) is 51.8 Å². The van der Waals surface area contributed by atoms with Crippen molar-refractivity contribution in [3.63, 3.8) is 0 Å². The number of nitrogens with zero attached hydrogens (tertiary/aromatic N) is 4. The number of ether oxygens (including phenoxy) is 1. The fourth-order valence-electron chi connectivity index (χ4n) is 4.18. The zero-order valence-corrected chi connectivity index (χ0v) is 19.7. The first-order valence-corrected chi connectivity index (χ1v) is 11.5. The smallest absolute Gasteiger partial charge is 0.239 e. The predicted molar refractivity (Wildman–Crippen MR) is 122 cm³/mol. The molecule has 2 fully saturated rings. The Morgan fingerprint density at radius 2 is 1.91 bits per heavy atom. The van der Waals surface area contributed by atoms with Crippen LogP contribution in [0.4, 0.5) is 5.82 Å². The molecule has 32 heavy (non-hydrogen) atoms. The monoisotopic (exact) mass is 444 g/mol. The number of piperazine rings is 1. The third-order valence-electron chi connectivity index (χ3n) is 6.55. The minimum atomic E-state index is -0.147. The molecule has 1 atom stereocenters. The normalized spacial score (nSPS) is 18.2. The lowest BCUT2D eigenvalue weighted by Crippen LogP contribution is -2.55. The van der Waals surface area contributed by atoms with Crippen molar-refractivity contribution in [3.8, 4) is 6.07 Å². The molecule has 176 valence electrons. The molecule has 1 saturated carbocycles. The summed E-state index contributed by atoms with van der Waals surface area (Å²) >= 11 is 0. The van der Waals surface area contributed by atoms with Gasteiger partial charge in [0.15, 0.2) is 0 Å². The van der Waals surface area contributed by atoms with E-state index in [-0.39, 0.29) is 24.4 Å². The largest absolute Gasteiger partial charge is 0.385 e. The van der Waals surface area contributed by atoms with Gasteiger partial charge in [0.1, 0.15) is 11.9 Å². The van der Waals surface area contributed by atoms with Gasteiger partial charge < -0.3 is 19.9 Å². The van der Waals surface area contributed by atoms with Crippen LogP contribution in [-0.2, 0) is 20.9 Å². The van der Waals surface area contributed by atoms with Crippen LogP contribution < -0.4 is 10.6 Å². The van der Waals surface area contributed by atoms with Crippen molar-refractivity contribution >= 4 is 17.6 Å². The predicted octanol–water partition coefficient (Wildman–Crippen LogP) is 1.24. The number of aromatic nitrogens is 1. The van der Waals surface area contributed by atoms with Crippen molar-refractivity contribution in [3.05, 3.63) is 16.8 Å². The van der Waals surface area contributed by atoms with Crippen LogP contribution in [0.25, 0.3) is 0 Å². The van der Waals surface area contributed by atoms with E-state index in [0.717, 1.165) is 56.7 Å². The first-order chi connectivity index (χ1) is 15.3. The summed E-state index contributed by atoms with van der Waals surface area (Å²) in [5.74, 6) is 0.551. The summed E-state index contributed by atoms with van der Waals surface area (Å²) in [7, 11) is 1.66. The molecular formula is C23H36N6O3. The zero-order valence-electron chi connectivity index (χ0n) is 19.7. The highest BCUT2D eigenvalue weighted by Gasteiger charge is 2.30. The van der Waals surface area contributed by atoms with E-state index < -0.39 is 0 Å². The number of hydrogen-bond acceptors (Lipinski definition) is 6. The Bertz CT molecular complexity index is 862. The quantitative estimate of drug-likeness (QED) is 0.527. The average Bonchev–Trinajstić information content (AvgIpc) is 3.56. The summed E-state index contributed by atoms with van der Waals surface area (Å²) in [5.41, 5.74) is 2.40. The number of amides is 2. The Hall–Kier alpha value is -2.41. The summed E-state index contributed by atoms with van der Waals surface area (Å²) in [4.78, 5) is 29.4. The Balaban J connectivity index is 1.54. The van der Waals surface area contributed by atoms with Gasteiger partial charge in [-0.2, -0.15) is 5.26 Å². The topological polar surface area (TPSA) is 103 Å². The van der Waals surface area contributed by atoms with Crippen molar-refractivity contribution in [1.82, 2.24) is 19.7 Å². The Morgan fingerprint density at radius 3 is 2.50 bits per heavy atom. The van der Waals surface area contributed by atoms with Crippen LogP contribution >= 0.6 is 0 Å². The van der Waals surface area contributed by atoms with E-state index in [1.165, 1.54) is 0 Å². The van der Waals surface area contributed by atoms with E-state index in [2.05, 4.69) is 26.5 Å². The van der Waals surface area contributed by atoms with Crippen LogP contribution in [0.1, 0.15) is 43.0 Å². The van der Waals surface area contributed by atoms with E-state index in [4.69, 9.17) is 4.74 Å². The van der Waals surface area contributed by atoms with Crippen LogP contribution in [0.15, 0.2) is 0 Å². The second-order valence-corrected chi connectivity index (χ2v) is 8.86. The maximum absolute atomic E-state index is 12.8. The third kappa shape index (κ3) is 5.88. The molecule has 2 N–H and O–H groups in total. The average molecular weight is 445 g/mol. The Morgan fingerprint density at radius 1 is 1.22 bits per heavy atom. The molecule has 1 saturated heterocycles. The summed E-state index contributed by atoms with van der Waals surface area (Å²) in [5, 5.41) is 15.7. The fraction of sp³-hybridized carbons (Fsp3) is 0.696. The molecule has 2 heterocycles. The standard InChI is InChI=1S/C23H36N6O3/c1-16-17(2)29(8-5-13-32-4)22(20(16)14-24)26-21(30)15-27-9-11-28(12-10-27)18(3)23(31)25-19-6-7-19/h18-19H,5-13,15H2,1-4H3,(H,25,31)(H,26,30).